The van der Waals surface area contributed by atoms with E-state index in [0.29, 0.717) is 12.5 Å². The maximum atomic E-state index is 13.6. The molecule has 0 aliphatic rings. The van der Waals surface area contributed by atoms with Crippen molar-refractivity contribution in [1.82, 2.24) is 9.97 Å². The van der Waals surface area contributed by atoms with Gasteiger partial charge in [0, 0.05) is 6.54 Å². The molecule has 1 unspecified atom stereocenters. The maximum Gasteiger partial charge on any atom is 0.240 e. The van der Waals surface area contributed by atoms with Crippen LogP contribution in [0, 0.1) is 11.7 Å². The summed E-state index contributed by atoms with van der Waals surface area (Å²) in [5.41, 5.74) is 5.27. The number of aromatic nitrogens is 2. The Kier molecular flexibility index (Phi) is 5.47. The number of carbonyl (C=O) groups is 1. The number of anilines is 2. The molecular formula is C12H20FN5O. The molecule has 4 N–H and O–H groups in total. The van der Waals surface area contributed by atoms with Crippen LogP contribution in [0.5, 0.6) is 0 Å². The number of hydrogen-bond donors (Lipinski definition) is 3. The van der Waals surface area contributed by atoms with E-state index >= 15 is 0 Å². The van der Waals surface area contributed by atoms with Crippen LogP contribution in [-0.2, 0) is 4.79 Å². The Hall–Kier alpha value is -1.92. The van der Waals surface area contributed by atoms with Gasteiger partial charge in [-0.3, -0.25) is 4.79 Å². The topological polar surface area (TPSA) is 92.9 Å². The predicted octanol–water partition coefficient (Wildman–Crippen LogP) is 1.36. The first-order valence-corrected chi connectivity index (χ1v) is 6.28. The van der Waals surface area contributed by atoms with Crippen LogP contribution >= 0.6 is 0 Å². The van der Waals surface area contributed by atoms with Crippen molar-refractivity contribution in [2.24, 2.45) is 11.7 Å². The van der Waals surface area contributed by atoms with Gasteiger partial charge in [-0.15, -0.1) is 0 Å². The standard InChI is InChI=1S/C12H20FN5O/c1-4-5-15-12-16-6-8(13)11(18-12)17-9(7(2)3)10(14)19/h6-7,9H,4-5H2,1-3H3,(H2,14,19)(H2,15,16,17,18). The normalized spacial score (nSPS) is 12.3. The molecule has 0 aliphatic heterocycles. The monoisotopic (exact) mass is 269 g/mol. The Balaban J connectivity index is 2.89. The third kappa shape index (κ3) is 4.35. The Labute approximate surface area is 112 Å². The van der Waals surface area contributed by atoms with Gasteiger partial charge in [-0.2, -0.15) is 4.98 Å². The lowest BCUT2D eigenvalue weighted by atomic mass is 10.0. The summed E-state index contributed by atoms with van der Waals surface area (Å²) in [5.74, 6) is -0.937. The van der Waals surface area contributed by atoms with E-state index in [0.717, 1.165) is 12.6 Å². The van der Waals surface area contributed by atoms with E-state index in [1.165, 1.54) is 0 Å². The Morgan fingerprint density at radius 1 is 1.53 bits per heavy atom. The van der Waals surface area contributed by atoms with Crippen LogP contribution in [0.3, 0.4) is 0 Å². The molecule has 1 amide bonds. The highest BCUT2D eigenvalue weighted by atomic mass is 19.1. The Morgan fingerprint density at radius 2 is 2.21 bits per heavy atom. The minimum atomic E-state index is -0.677. The highest BCUT2D eigenvalue weighted by Gasteiger charge is 2.21. The van der Waals surface area contributed by atoms with Crippen LogP contribution in [0.1, 0.15) is 27.2 Å². The quantitative estimate of drug-likeness (QED) is 0.695. The fourth-order valence-electron chi connectivity index (χ4n) is 1.50. The molecule has 1 atom stereocenters. The zero-order chi connectivity index (χ0) is 14.4. The van der Waals surface area contributed by atoms with Gasteiger partial charge < -0.3 is 16.4 Å². The van der Waals surface area contributed by atoms with Gasteiger partial charge in [0.25, 0.3) is 0 Å². The molecule has 1 heterocycles. The molecule has 0 saturated carbocycles. The zero-order valence-corrected chi connectivity index (χ0v) is 11.4. The second kappa shape index (κ2) is 6.86. The second-order valence-corrected chi connectivity index (χ2v) is 4.59. The fraction of sp³-hybridized carbons (Fsp3) is 0.583. The molecule has 0 aromatic carbocycles. The second-order valence-electron chi connectivity index (χ2n) is 4.59. The molecule has 6 nitrogen and oxygen atoms in total. The van der Waals surface area contributed by atoms with Crippen molar-refractivity contribution in [3.63, 3.8) is 0 Å². The van der Waals surface area contributed by atoms with Crippen LogP contribution in [0.25, 0.3) is 0 Å². The number of primary amides is 1. The summed E-state index contributed by atoms with van der Waals surface area (Å²) in [6, 6.07) is -0.677. The van der Waals surface area contributed by atoms with E-state index in [1.807, 2.05) is 20.8 Å². The van der Waals surface area contributed by atoms with E-state index in [4.69, 9.17) is 5.73 Å². The number of nitrogens with two attached hydrogens (primary N) is 1. The van der Waals surface area contributed by atoms with E-state index in [9.17, 15) is 9.18 Å². The number of hydrogen-bond acceptors (Lipinski definition) is 5. The molecule has 0 bridgehead atoms. The van der Waals surface area contributed by atoms with Crippen LogP contribution in [0.2, 0.25) is 0 Å². The zero-order valence-electron chi connectivity index (χ0n) is 11.4. The summed E-state index contributed by atoms with van der Waals surface area (Å²) in [6.45, 7) is 6.32. The molecule has 0 aliphatic carbocycles. The van der Waals surface area contributed by atoms with Gasteiger partial charge in [-0.25, -0.2) is 9.37 Å². The summed E-state index contributed by atoms with van der Waals surface area (Å²) in [6.07, 6.45) is 1.96. The summed E-state index contributed by atoms with van der Waals surface area (Å²) in [7, 11) is 0. The fourth-order valence-corrected chi connectivity index (χ4v) is 1.50. The minimum Gasteiger partial charge on any atom is -0.368 e. The van der Waals surface area contributed by atoms with Crippen LogP contribution in [-0.4, -0.2) is 28.5 Å². The van der Waals surface area contributed by atoms with E-state index in [2.05, 4.69) is 20.6 Å². The number of amides is 1. The average Bonchev–Trinajstić information content (AvgIpc) is 2.35. The van der Waals surface area contributed by atoms with Crippen molar-refractivity contribution in [3.8, 4) is 0 Å². The SMILES string of the molecule is CCCNc1ncc(F)c(NC(C(N)=O)C(C)C)n1. The van der Waals surface area contributed by atoms with Crippen molar-refractivity contribution in [2.45, 2.75) is 33.2 Å². The van der Waals surface area contributed by atoms with Crippen LogP contribution in [0.4, 0.5) is 16.2 Å². The first-order valence-electron chi connectivity index (χ1n) is 6.28. The molecule has 7 heteroatoms. The first-order chi connectivity index (χ1) is 8.95. The summed E-state index contributed by atoms with van der Waals surface area (Å²) < 4.78 is 13.6. The average molecular weight is 269 g/mol. The number of carbonyl (C=O) groups excluding carboxylic acids is 1. The molecule has 0 saturated heterocycles. The molecular weight excluding hydrogens is 249 g/mol. The lowest BCUT2D eigenvalue weighted by Gasteiger charge is -2.20. The predicted molar refractivity (Wildman–Crippen MR) is 72.2 cm³/mol. The van der Waals surface area contributed by atoms with Gasteiger partial charge in [0.05, 0.1) is 6.20 Å². The molecule has 0 radical (unpaired) electrons. The molecule has 0 spiro atoms. The molecule has 1 aromatic heterocycles. The van der Waals surface area contributed by atoms with Crippen molar-refractivity contribution < 1.29 is 9.18 Å². The molecule has 106 valence electrons. The van der Waals surface area contributed by atoms with Crippen molar-refractivity contribution in [1.29, 1.82) is 0 Å². The van der Waals surface area contributed by atoms with Gasteiger partial charge in [-0.05, 0) is 12.3 Å². The molecule has 1 rings (SSSR count). The van der Waals surface area contributed by atoms with Gasteiger partial charge in [-0.1, -0.05) is 20.8 Å². The largest absolute Gasteiger partial charge is 0.368 e. The van der Waals surface area contributed by atoms with E-state index < -0.39 is 17.8 Å². The first kappa shape index (κ1) is 15.1. The minimum absolute atomic E-state index is 0.0221. The molecule has 1 aromatic rings. The smallest absolute Gasteiger partial charge is 0.240 e. The van der Waals surface area contributed by atoms with Gasteiger partial charge in [0.1, 0.15) is 6.04 Å². The lowest BCUT2D eigenvalue weighted by Crippen LogP contribution is -2.40. The molecule has 19 heavy (non-hydrogen) atoms. The summed E-state index contributed by atoms with van der Waals surface area (Å²) >= 11 is 0. The Bertz CT molecular complexity index is 438. The highest BCUT2D eigenvalue weighted by Crippen LogP contribution is 2.15. The third-order valence-corrected chi connectivity index (χ3v) is 2.54. The van der Waals surface area contributed by atoms with Gasteiger partial charge in [0.2, 0.25) is 11.9 Å². The number of halogens is 1. The number of rotatable bonds is 7. The van der Waals surface area contributed by atoms with Crippen molar-refractivity contribution in [3.05, 3.63) is 12.0 Å². The van der Waals surface area contributed by atoms with Gasteiger partial charge in [0.15, 0.2) is 11.6 Å². The van der Waals surface area contributed by atoms with Crippen molar-refractivity contribution >= 4 is 17.7 Å². The van der Waals surface area contributed by atoms with Gasteiger partial charge >= 0.3 is 0 Å². The van der Waals surface area contributed by atoms with Crippen LogP contribution in [0.15, 0.2) is 6.20 Å². The third-order valence-electron chi connectivity index (χ3n) is 2.54. The Morgan fingerprint density at radius 3 is 2.74 bits per heavy atom. The van der Waals surface area contributed by atoms with E-state index in [-0.39, 0.29) is 11.7 Å². The van der Waals surface area contributed by atoms with Crippen LogP contribution < -0.4 is 16.4 Å². The number of nitrogens with one attached hydrogen (secondary N) is 2. The maximum absolute atomic E-state index is 13.6. The number of nitrogens with zero attached hydrogens (tertiary/aromatic N) is 2. The van der Waals surface area contributed by atoms with E-state index in [1.54, 1.807) is 0 Å². The molecule has 0 fully saturated rings. The summed E-state index contributed by atoms with van der Waals surface area (Å²) in [4.78, 5) is 19.1. The summed E-state index contributed by atoms with van der Waals surface area (Å²) in [5, 5.41) is 5.67. The highest BCUT2D eigenvalue weighted by molar-refractivity contribution is 5.83. The van der Waals surface area contributed by atoms with Crippen molar-refractivity contribution in [2.75, 3.05) is 17.2 Å². The lowest BCUT2D eigenvalue weighted by molar-refractivity contribution is -0.119.